The third-order valence-corrected chi connectivity index (χ3v) is 4.58. The van der Waals surface area contributed by atoms with E-state index in [0.717, 1.165) is 23.4 Å². The molecule has 0 aliphatic carbocycles. The highest BCUT2D eigenvalue weighted by molar-refractivity contribution is 9.10. The van der Waals surface area contributed by atoms with E-state index in [9.17, 15) is 13.2 Å². The van der Waals surface area contributed by atoms with Crippen molar-refractivity contribution in [2.75, 3.05) is 5.43 Å². The SMILES string of the molecule is N#Cc1ccccc1COc1ccc(/C=N\Nc2ccc(C(F)(F)F)cn2)cc1Br. The lowest BCUT2D eigenvalue weighted by molar-refractivity contribution is -0.137. The molecule has 2 aromatic carbocycles. The molecular formula is C21H14BrF3N4O. The molecule has 9 heteroatoms. The summed E-state index contributed by atoms with van der Waals surface area (Å²) in [6.07, 6.45) is -2.19. The summed E-state index contributed by atoms with van der Waals surface area (Å²) < 4.78 is 44.1. The van der Waals surface area contributed by atoms with Crippen LogP contribution in [0.1, 0.15) is 22.3 Å². The lowest BCUT2D eigenvalue weighted by Crippen LogP contribution is -2.05. The minimum absolute atomic E-state index is 0.189. The van der Waals surface area contributed by atoms with Crippen molar-refractivity contribution in [3.63, 3.8) is 0 Å². The van der Waals surface area contributed by atoms with Gasteiger partial charge in [-0.25, -0.2) is 4.98 Å². The number of pyridine rings is 1. The van der Waals surface area contributed by atoms with Crippen molar-refractivity contribution in [2.45, 2.75) is 12.8 Å². The Hall–Kier alpha value is -3.38. The molecular weight excluding hydrogens is 461 g/mol. The number of anilines is 1. The van der Waals surface area contributed by atoms with Crippen molar-refractivity contribution in [3.05, 3.63) is 87.5 Å². The number of nitrogens with one attached hydrogen (secondary N) is 1. The number of ether oxygens (including phenoxy) is 1. The number of aromatic nitrogens is 1. The van der Waals surface area contributed by atoms with Gasteiger partial charge in [-0.05, 0) is 57.9 Å². The molecule has 0 amide bonds. The monoisotopic (exact) mass is 474 g/mol. The molecule has 0 aliphatic heterocycles. The maximum atomic E-state index is 12.5. The molecule has 1 N–H and O–H groups in total. The number of hydrogen-bond acceptors (Lipinski definition) is 5. The predicted molar refractivity (Wildman–Crippen MR) is 110 cm³/mol. The fourth-order valence-electron chi connectivity index (χ4n) is 2.43. The maximum absolute atomic E-state index is 12.5. The van der Waals surface area contributed by atoms with Crippen LogP contribution in [0.5, 0.6) is 5.75 Å². The number of hydrazone groups is 1. The lowest BCUT2D eigenvalue weighted by Gasteiger charge is -2.10. The van der Waals surface area contributed by atoms with Crippen LogP contribution in [-0.4, -0.2) is 11.2 Å². The average molecular weight is 475 g/mol. The highest BCUT2D eigenvalue weighted by atomic mass is 79.9. The van der Waals surface area contributed by atoms with E-state index in [0.29, 0.717) is 15.8 Å². The number of halogens is 4. The van der Waals surface area contributed by atoms with Gasteiger partial charge >= 0.3 is 6.18 Å². The van der Waals surface area contributed by atoms with E-state index in [1.54, 1.807) is 30.3 Å². The summed E-state index contributed by atoms with van der Waals surface area (Å²) in [6, 6.07) is 16.7. The van der Waals surface area contributed by atoms with E-state index in [4.69, 9.17) is 10.00 Å². The van der Waals surface area contributed by atoms with Crippen LogP contribution >= 0.6 is 15.9 Å². The fraction of sp³-hybridized carbons (Fsp3) is 0.0952. The van der Waals surface area contributed by atoms with Crippen LogP contribution < -0.4 is 10.2 Å². The maximum Gasteiger partial charge on any atom is 0.417 e. The van der Waals surface area contributed by atoms with Gasteiger partial charge in [0.25, 0.3) is 0 Å². The molecule has 0 saturated carbocycles. The normalized spacial score (nSPS) is 11.3. The number of nitrogens with zero attached hydrogens (tertiary/aromatic N) is 3. The van der Waals surface area contributed by atoms with E-state index < -0.39 is 11.7 Å². The summed E-state index contributed by atoms with van der Waals surface area (Å²) in [5, 5.41) is 13.1. The summed E-state index contributed by atoms with van der Waals surface area (Å²) in [4.78, 5) is 3.68. The van der Waals surface area contributed by atoms with Gasteiger partial charge in [-0.3, -0.25) is 5.43 Å². The van der Waals surface area contributed by atoms with E-state index in [2.05, 4.69) is 37.5 Å². The predicted octanol–water partition coefficient (Wildman–Crippen LogP) is 5.76. The first-order valence-electron chi connectivity index (χ1n) is 8.59. The fourth-order valence-corrected chi connectivity index (χ4v) is 2.94. The van der Waals surface area contributed by atoms with Gasteiger partial charge < -0.3 is 4.74 Å². The third kappa shape index (κ3) is 5.58. The Morgan fingerprint density at radius 2 is 1.97 bits per heavy atom. The quantitative estimate of drug-likeness (QED) is 0.364. The molecule has 1 heterocycles. The second kappa shape index (κ2) is 9.41. The van der Waals surface area contributed by atoms with Gasteiger partial charge in [-0.2, -0.15) is 23.5 Å². The first-order chi connectivity index (χ1) is 14.4. The zero-order valence-corrected chi connectivity index (χ0v) is 16.9. The van der Waals surface area contributed by atoms with Crippen LogP contribution in [0.15, 0.2) is 70.4 Å². The van der Waals surface area contributed by atoms with E-state index in [1.165, 1.54) is 12.3 Å². The second-order valence-electron chi connectivity index (χ2n) is 6.05. The molecule has 0 spiro atoms. The van der Waals surface area contributed by atoms with Crippen LogP contribution in [0.25, 0.3) is 0 Å². The highest BCUT2D eigenvalue weighted by Crippen LogP contribution is 2.29. The van der Waals surface area contributed by atoms with Gasteiger partial charge in [-0.1, -0.05) is 18.2 Å². The van der Waals surface area contributed by atoms with Crippen LogP contribution in [0.2, 0.25) is 0 Å². The average Bonchev–Trinajstić information content (AvgIpc) is 2.73. The van der Waals surface area contributed by atoms with Crippen molar-refractivity contribution < 1.29 is 17.9 Å². The van der Waals surface area contributed by atoms with Crippen LogP contribution in [0, 0.1) is 11.3 Å². The Morgan fingerprint density at radius 1 is 1.17 bits per heavy atom. The molecule has 5 nitrogen and oxygen atoms in total. The standard InChI is InChI=1S/C21H14BrF3N4O/c22-18-9-14(11-28-29-20-8-6-17(12-27-20)21(23,24)25)5-7-19(18)30-13-16-4-2-1-3-15(16)10-26/h1-9,11-12H,13H2,(H,27,29)/b28-11-. The summed E-state index contributed by atoms with van der Waals surface area (Å²) in [5.41, 5.74) is 3.82. The number of hydrogen-bond donors (Lipinski definition) is 1. The minimum Gasteiger partial charge on any atom is -0.488 e. The molecule has 30 heavy (non-hydrogen) atoms. The van der Waals surface area contributed by atoms with Crippen molar-refractivity contribution >= 4 is 28.0 Å². The summed E-state index contributed by atoms with van der Waals surface area (Å²) >= 11 is 3.43. The van der Waals surface area contributed by atoms with Crippen molar-refractivity contribution in [1.82, 2.24) is 4.98 Å². The van der Waals surface area contributed by atoms with Gasteiger partial charge in [-0.15, -0.1) is 0 Å². The summed E-state index contributed by atoms with van der Waals surface area (Å²) in [7, 11) is 0. The Kier molecular flexibility index (Phi) is 6.69. The molecule has 0 saturated heterocycles. The summed E-state index contributed by atoms with van der Waals surface area (Å²) in [6.45, 7) is 0.247. The molecule has 3 rings (SSSR count). The molecule has 0 bridgehead atoms. The smallest absolute Gasteiger partial charge is 0.417 e. The van der Waals surface area contributed by atoms with E-state index in [1.807, 2.05) is 12.1 Å². The van der Waals surface area contributed by atoms with Crippen molar-refractivity contribution in [2.24, 2.45) is 5.10 Å². The number of rotatable bonds is 6. The molecule has 0 fully saturated rings. The molecule has 0 atom stereocenters. The van der Waals surface area contributed by atoms with Gasteiger partial charge in [0.05, 0.1) is 27.9 Å². The zero-order valence-electron chi connectivity index (χ0n) is 15.3. The van der Waals surface area contributed by atoms with E-state index >= 15 is 0 Å². The number of nitriles is 1. The Labute approximate surface area is 179 Å². The van der Waals surface area contributed by atoms with Crippen LogP contribution in [0.4, 0.5) is 19.0 Å². The minimum atomic E-state index is -4.43. The van der Waals surface area contributed by atoms with Gasteiger partial charge in [0.15, 0.2) is 0 Å². The summed E-state index contributed by atoms with van der Waals surface area (Å²) in [5.74, 6) is 0.784. The van der Waals surface area contributed by atoms with Crippen LogP contribution in [-0.2, 0) is 12.8 Å². The van der Waals surface area contributed by atoms with Gasteiger partial charge in [0.1, 0.15) is 18.2 Å². The van der Waals surface area contributed by atoms with Crippen molar-refractivity contribution in [1.29, 1.82) is 5.26 Å². The van der Waals surface area contributed by atoms with Crippen LogP contribution in [0.3, 0.4) is 0 Å². The molecule has 0 aliphatic rings. The highest BCUT2D eigenvalue weighted by Gasteiger charge is 2.30. The molecule has 0 radical (unpaired) electrons. The third-order valence-electron chi connectivity index (χ3n) is 3.96. The number of alkyl halides is 3. The van der Waals surface area contributed by atoms with Gasteiger partial charge in [0, 0.05) is 11.8 Å². The second-order valence-corrected chi connectivity index (χ2v) is 6.90. The van der Waals surface area contributed by atoms with Gasteiger partial charge in [0.2, 0.25) is 0 Å². The Bertz CT molecular complexity index is 1090. The largest absolute Gasteiger partial charge is 0.488 e. The van der Waals surface area contributed by atoms with E-state index in [-0.39, 0.29) is 12.4 Å². The Balaban J connectivity index is 1.60. The topological polar surface area (TPSA) is 70.3 Å². The Morgan fingerprint density at radius 3 is 2.63 bits per heavy atom. The lowest BCUT2D eigenvalue weighted by atomic mass is 10.1. The first kappa shape index (κ1) is 21.3. The van der Waals surface area contributed by atoms with Crippen molar-refractivity contribution in [3.8, 4) is 11.8 Å². The molecule has 152 valence electrons. The molecule has 1 aromatic heterocycles. The molecule has 3 aromatic rings. The zero-order chi connectivity index (χ0) is 21.6. The first-order valence-corrected chi connectivity index (χ1v) is 9.39. The number of benzene rings is 2. The molecule has 0 unspecified atom stereocenters.